The molecule has 4 aromatic rings. The van der Waals surface area contributed by atoms with Gasteiger partial charge in [0.15, 0.2) is 0 Å². The monoisotopic (exact) mass is 433 g/mol. The maximum atomic E-state index is 11.4. The summed E-state index contributed by atoms with van der Waals surface area (Å²) in [7, 11) is 0. The lowest BCUT2D eigenvalue weighted by atomic mass is 10.1. The molecular weight excluding hydrogens is 410 g/mol. The van der Waals surface area contributed by atoms with E-state index in [9.17, 15) is 9.59 Å². The Balaban J connectivity index is 1.58. The first-order valence-electron chi connectivity index (χ1n) is 10.1. The topological polar surface area (TPSA) is 134 Å². The number of ether oxygens (including phenoxy) is 1. The van der Waals surface area contributed by atoms with E-state index in [1.54, 1.807) is 24.3 Å². The molecule has 2 aromatic heterocycles. The standard InChI is InChI=1S/C24H23N3O5/c25-9-8-17-12-27(13-19-5-7-22(32-19)24(29)30)21-6-4-18(11-20(17)21)31-14-15-2-1-3-16(10-15)23(26)28/h1-7,10-12H,8-9,13-14,25H2,(H2,26,28)(H,29,30). The van der Waals surface area contributed by atoms with E-state index in [0.717, 1.165) is 22.0 Å². The van der Waals surface area contributed by atoms with Crippen molar-refractivity contribution in [3.8, 4) is 5.75 Å². The average molecular weight is 433 g/mol. The van der Waals surface area contributed by atoms with Crippen molar-refractivity contribution in [1.29, 1.82) is 0 Å². The van der Waals surface area contributed by atoms with E-state index in [1.807, 2.05) is 35.0 Å². The number of nitrogens with two attached hydrogens (primary N) is 2. The summed E-state index contributed by atoms with van der Waals surface area (Å²) in [6.07, 6.45) is 2.69. The quantitative estimate of drug-likeness (QED) is 0.371. The van der Waals surface area contributed by atoms with Gasteiger partial charge in [0.2, 0.25) is 11.7 Å². The zero-order valence-electron chi connectivity index (χ0n) is 17.3. The van der Waals surface area contributed by atoms with Crippen LogP contribution in [0.3, 0.4) is 0 Å². The minimum Gasteiger partial charge on any atom is -0.489 e. The van der Waals surface area contributed by atoms with Crippen LogP contribution >= 0.6 is 0 Å². The molecule has 0 radical (unpaired) electrons. The fourth-order valence-corrected chi connectivity index (χ4v) is 3.65. The largest absolute Gasteiger partial charge is 0.489 e. The Morgan fingerprint density at radius 3 is 2.66 bits per heavy atom. The molecule has 2 aromatic carbocycles. The van der Waals surface area contributed by atoms with Gasteiger partial charge >= 0.3 is 5.97 Å². The lowest BCUT2D eigenvalue weighted by Crippen LogP contribution is -2.11. The van der Waals surface area contributed by atoms with Gasteiger partial charge in [0.25, 0.3) is 0 Å². The molecule has 0 spiro atoms. The third-order valence-corrected chi connectivity index (χ3v) is 5.16. The van der Waals surface area contributed by atoms with Crippen molar-refractivity contribution >= 4 is 22.8 Å². The number of aromatic nitrogens is 1. The Labute approximate surface area is 184 Å². The molecule has 4 rings (SSSR count). The van der Waals surface area contributed by atoms with Crippen LogP contribution in [-0.2, 0) is 19.6 Å². The number of rotatable bonds is 9. The minimum absolute atomic E-state index is 0.0882. The predicted octanol–water partition coefficient (Wildman–Crippen LogP) is 3.16. The van der Waals surface area contributed by atoms with Crippen LogP contribution in [0.15, 0.2) is 65.2 Å². The molecule has 0 bridgehead atoms. The molecule has 8 nitrogen and oxygen atoms in total. The van der Waals surface area contributed by atoms with E-state index in [-0.39, 0.29) is 5.76 Å². The summed E-state index contributed by atoms with van der Waals surface area (Å²) >= 11 is 0. The van der Waals surface area contributed by atoms with E-state index < -0.39 is 11.9 Å². The maximum Gasteiger partial charge on any atom is 0.371 e. The third kappa shape index (κ3) is 4.50. The third-order valence-electron chi connectivity index (χ3n) is 5.16. The SMILES string of the molecule is NCCc1cn(Cc2ccc(C(=O)O)o2)c2ccc(OCc3cccc(C(N)=O)c3)cc12. The minimum atomic E-state index is -1.10. The Morgan fingerprint density at radius 2 is 1.94 bits per heavy atom. The zero-order valence-corrected chi connectivity index (χ0v) is 17.3. The van der Waals surface area contributed by atoms with Gasteiger partial charge in [0.1, 0.15) is 18.1 Å². The van der Waals surface area contributed by atoms with Crippen LogP contribution in [0.25, 0.3) is 10.9 Å². The molecule has 0 saturated carbocycles. The number of furan rings is 1. The van der Waals surface area contributed by atoms with Gasteiger partial charge in [-0.25, -0.2) is 4.79 Å². The van der Waals surface area contributed by atoms with E-state index >= 15 is 0 Å². The molecule has 0 aliphatic heterocycles. The van der Waals surface area contributed by atoms with Gasteiger partial charge < -0.3 is 30.3 Å². The summed E-state index contributed by atoms with van der Waals surface area (Å²) in [5, 5.41) is 10.1. The van der Waals surface area contributed by atoms with Crippen molar-refractivity contribution in [3.63, 3.8) is 0 Å². The van der Waals surface area contributed by atoms with Gasteiger partial charge in [0, 0.05) is 22.7 Å². The number of hydrogen-bond acceptors (Lipinski definition) is 5. The number of carbonyl (C=O) groups excluding carboxylic acids is 1. The highest BCUT2D eigenvalue weighted by Crippen LogP contribution is 2.28. The smallest absolute Gasteiger partial charge is 0.371 e. The van der Waals surface area contributed by atoms with Crippen molar-refractivity contribution in [2.75, 3.05) is 6.54 Å². The van der Waals surface area contributed by atoms with Gasteiger partial charge in [0.05, 0.1) is 6.54 Å². The molecular formula is C24H23N3O5. The molecule has 2 heterocycles. The number of fused-ring (bicyclic) bond motifs is 1. The van der Waals surface area contributed by atoms with Crippen molar-refractivity contribution in [2.45, 2.75) is 19.6 Å². The highest BCUT2D eigenvalue weighted by atomic mass is 16.5. The molecule has 8 heteroatoms. The number of hydrogen-bond donors (Lipinski definition) is 3. The molecule has 164 valence electrons. The van der Waals surface area contributed by atoms with E-state index in [2.05, 4.69) is 0 Å². The first-order chi connectivity index (χ1) is 15.4. The van der Waals surface area contributed by atoms with Crippen molar-refractivity contribution in [3.05, 3.63) is 89.0 Å². The van der Waals surface area contributed by atoms with Crippen LogP contribution in [0.1, 0.15) is 37.8 Å². The Hall–Kier alpha value is -4.04. The fourth-order valence-electron chi connectivity index (χ4n) is 3.65. The molecule has 0 aliphatic rings. The second kappa shape index (κ2) is 8.99. The van der Waals surface area contributed by atoms with Crippen LogP contribution in [0.4, 0.5) is 0 Å². The van der Waals surface area contributed by atoms with Crippen molar-refractivity contribution in [1.82, 2.24) is 4.57 Å². The number of carboxylic acid groups (broad SMARTS) is 1. The second-order valence-corrected chi connectivity index (χ2v) is 7.42. The van der Waals surface area contributed by atoms with E-state index in [4.69, 9.17) is 25.7 Å². The van der Waals surface area contributed by atoms with Crippen molar-refractivity contribution < 1.29 is 23.8 Å². The number of primary amides is 1. The normalized spacial score (nSPS) is 11.0. The average Bonchev–Trinajstić information content (AvgIpc) is 3.38. The fraction of sp³-hybridized carbons (Fsp3) is 0.167. The van der Waals surface area contributed by atoms with Gasteiger partial charge in [-0.05, 0) is 66.6 Å². The van der Waals surface area contributed by atoms with Crippen molar-refractivity contribution in [2.24, 2.45) is 11.5 Å². The molecule has 0 atom stereocenters. The van der Waals surface area contributed by atoms with Crippen LogP contribution in [0.2, 0.25) is 0 Å². The Morgan fingerprint density at radius 1 is 1.09 bits per heavy atom. The lowest BCUT2D eigenvalue weighted by Gasteiger charge is -2.09. The van der Waals surface area contributed by atoms with Gasteiger partial charge in [-0.2, -0.15) is 0 Å². The number of amides is 1. The van der Waals surface area contributed by atoms with E-state index in [1.165, 1.54) is 6.07 Å². The Bertz CT molecular complexity index is 1290. The zero-order chi connectivity index (χ0) is 22.7. The summed E-state index contributed by atoms with van der Waals surface area (Å²) in [6, 6.07) is 15.9. The highest BCUT2D eigenvalue weighted by molar-refractivity contribution is 5.92. The van der Waals surface area contributed by atoms with Gasteiger partial charge in [-0.1, -0.05) is 12.1 Å². The highest BCUT2D eigenvalue weighted by Gasteiger charge is 2.13. The summed E-state index contributed by atoms with van der Waals surface area (Å²) in [4.78, 5) is 22.4. The van der Waals surface area contributed by atoms with Crippen LogP contribution in [-0.4, -0.2) is 28.1 Å². The summed E-state index contributed by atoms with van der Waals surface area (Å²) in [6.45, 7) is 1.19. The molecule has 0 fully saturated rings. The molecule has 0 unspecified atom stereocenters. The molecule has 1 amide bonds. The molecule has 0 saturated heterocycles. The van der Waals surface area contributed by atoms with Gasteiger partial charge in [-0.15, -0.1) is 0 Å². The summed E-state index contributed by atoms with van der Waals surface area (Å²) in [5.41, 5.74) is 14.4. The molecule has 32 heavy (non-hydrogen) atoms. The maximum absolute atomic E-state index is 11.4. The van der Waals surface area contributed by atoms with Gasteiger partial charge in [-0.3, -0.25) is 4.79 Å². The molecule has 5 N–H and O–H groups in total. The van der Waals surface area contributed by atoms with Crippen LogP contribution < -0.4 is 16.2 Å². The first-order valence-corrected chi connectivity index (χ1v) is 10.1. The Kier molecular flexibility index (Phi) is 5.96. The lowest BCUT2D eigenvalue weighted by molar-refractivity contribution is 0.0660. The molecule has 0 aliphatic carbocycles. The number of benzene rings is 2. The van der Waals surface area contributed by atoms with Crippen LogP contribution in [0, 0.1) is 0 Å². The second-order valence-electron chi connectivity index (χ2n) is 7.42. The number of carbonyl (C=O) groups is 2. The number of aromatic carboxylic acids is 1. The van der Waals surface area contributed by atoms with E-state index in [0.29, 0.717) is 43.2 Å². The summed E-state index contributed by atoms with van der Waals surface area (Å²) < 4.78 is 13.4. The summed E-state index contributed by atoms with van der Waals surface area (Å²) in [5.74, 6) is -0.430. The van der Waals surface area contributed by atoms with Crippen LogP contribution in [0.5, 0.6) is 5.75 Å². The first kappa shape index (κ1) is 21.2. The predicted molar refractivity (Wildman–Crippen MR) is 119 cm³/mol. The number of nitrogens with zero attached hydrogens (tertiary/aromatic N) is 1. The number of carboxylic acids is 1.